The van der Waals surface area contributed by atoms with Gasteiger partial charge in [0.05, 0.1) is 5.69 Å². The third kappa shape index (κ3) is 6.76. The van der Waals surface area contributed by atoms with Gasteiger partial charge >= 0.3 is 0 Å². The zero-order chi connectivity index (χ0) is 38.7. The standard InChI is InChI=1S/C56H42N2/c1-4-15-41(16-5-1)42-29-35-49(36-30-42)57(47-21-6-2-7-22-47)50-37-31-44(32-38-50)53-26-12-19-46-20-13-27-54(56(46)53)45-33-39-51(40-34-45)58(48-23-8-3-9-24-48)55-28-14-18-43-17-10-11-25-52(43)55/h1,3-6,8-40H,2,7H2. The normalized spacial score (nSPS) is 12.4. The maximum absolute atomic E-state index is 2.38. The van der Waals surface area contributed by atoms with Crippen molar-refractivity contribution >= 4 is 50.0 Å². The SMILES string of the molecule is C1=CC(N(c2ccc(-c3ccccc3)cc2)c2ccc(-c3cccc4cccc(-c5ccc(N(c6ccccc6)c6cccc7ccccc67)cc5)c34)cc2)=CCC1. The average Bonchev–Trinajstić information content (AvgIpc) is 3.31. The van der Waals surface area contributed by atoms with E-state index in [0.717, 1.165) is 41.3 Å². The molecular weight excluding hydrogens is 701 g/mol. The highest BCUT2D eigenvalue weighted by molar-refractivity contribution is 6.07. The van der Waals surface area contributed by atoms with Crippen molar-refractivity contribution in [2.75, 3.05) is 9.80 Å². The van der Waals surface area contributed by atoms with Crippen LogP contribution in [0.15, 0.2) is 236 Å². The van der Waals surface area contributed by atoms with Gasteiger partial charge in [-0.1, -0.05) is 170 Å². The fourth-order valence-corrected chi connectivity index (χ4v) is 8.46. The molecule has 2 nitrogen and oxygen atoms in total. The highest BCUT2D eigenvalue weighted by Crippen LogP contribution is 2.42. The summed E-state index contributed by atoms with van der Waals surface area (Å²) >= 11 is 0. The van der Waals surface area contributed by atoms with E-state index in [9.17, 15) is 0 Å². The van der Waals surface area contributed by atoms with Crippen molar-refractivity contribution in [2.24, 2.45) is 0 Å². The van der Waals surface area contributed by atoms with E-state index in [0.29, 0.717) is 0 Å². The number of anilines is 5. The van der Waals surface area contributed by atoms with Gasteiger partial charge in [-0.05, 0) is 123 Å². The Labute approximate surface area is 340 Å². The van der Waals surface area contributed by atoms with E-state index >= 15 is 0 Å². The number of nitrogens with zero attached hydrogens (tertiary/aromatic N) is 2. The Bertz CT molecular complexity index is 2900. The number of benzene rings is 9. The zero-order valence-corrected chi connectivity index (χ0v) is 32.2. The van der Waals surface area contributed by atoms with Gasteiger partial charge < -0.3 is 9.80 Å². The van der Waals surface area contributed by atoms with E-state index in [4.69, 9.17) is 0 Å². The van der Waals surface area contributed by atoms with Gasteiger partial charge in [-0.15, -0.1) is 0 Å². The van der Waals surface area contributed by atoms with Crippen molar-refractivity contribution in [1.29, 1.82) is 0 Å². The maximum atomic E-state index is 2.38. The summed E-state index contributed by atoms with van der Waals surface area (Å²) in [7, 11) is 0. The molecule has 0 heterocycles. The highest BCUT2D eigenvalue weighted by atomic mass is 15.1. The Morgan fingerprint density at radius 3 is 1.43 bits per heavy atom. The molecule has 0 saturated carbocycles. The number of rotatable bonds is 9. The van der Waals surface area contributed by atoms with Crippen molar-refractivity contribution in [1.82, 2.24) is 0 Å². The van der Waals surface area contributed by atoms with Crippen LogP contribution in [-0.4, -0.2) is 0 Å². The minimum absolute atomic E-state index is 1.04. The molecule has 0 aliphatic heterocycles. The first-order valence-corrected chi connectivity index (χ1v) is 20.2. The summed E-state index contributed by atoms with van der Waals surface area (Å²) < 4.78 is 0. The van der Waals surface area contributed by atoms with Gasteiger partial charge in [0.1, 0.15) is 0 Å². The summed E-state index contributed by atoms with van der Waals surface area (Å²) in [6.07, 6.45) is 9.00. The van der Waals surface area contributed by atoms with E-state index < -0.39 is 0 Å². The van der Waals surface area contributed by atoms with Crippen LogP contribution in [0.1, 0.15) is 12.8 Å². The molecule has 0 bridgehead atoms. The number of fused-ring (bicyclic) bond motifs is 2. The monoisotopic (exact) mass is 742 g/mol. The highest BCUT2D eigenvalue weighted by Gasteiger charge is 2.18. The summed E-state index contributed by atoms with van der Waals surface area (Å²) in [5, 5.41) is 4.92. The summed E-state index contributed by atoms with van der Waals surface area (Å²) in [6, 6.07) is 76.9. The number of hydrogen-bond donors (Lipinski definition) is 0. The first kappa shape index (κ1) is 35.0. The molecule has 0 amide bonds. The van der Waals surface area contributed by atoms with Crippen molar-refractivity contribution in [2.45, 2.75) is 12.8 Å². The minimum atomic E-state index is 1.04. The fraction of sp³-hybridized carbons (Fsp3) is 0.0357. The van der Waals surface area contributed by atoms with Crippen LogP contribution in [0, 0.1) is 0 Å². The van der Waals surface area contributed by atoms with Gasteiger partial charge in [-0.25, -0.2) is 0 Å². The molecule has 9 aromatic rings. The van der Waals surface area contributed by atoms with E-state index in [1.54, 1.807) is 0 Å². The Hall–Kier alpha value is -7.42. The third-order valence-electron chi connectivity index (χ3n) is 11.3. The van der Waals surface area contributed by atoms with Crippen molar-refractivity contribution < 1.29 is 0 Å². The predicted octanol–water partition coefficient (Wildman–Crippen LogP) is 15.8. The largest absolute Gasteiger partial charge is 0.311 e. The van der Waals surface area contributed by atoms with Crippen LogP contribution in [-0.2, 0) is 0 Å². The second kappa shape index (κ2) is 15.6. The molecule has 9 aromatic carbocycles. The number of hydrogen-bond acceptors (Lipinski definition) is 2. The van der Waals surface area contributed by atoms with Crippen molar-refractivity contribution in [3.05, 3.63) is 236 Å². The molecular formula is C56H42N2. The first-order chi connectivity index (χ1) is 28.8. The van der Waals surface area contributed by atoms with Gasteiger partial charge in [0.15, 0.2) is 0 Å². The van der Waals surface area contributed by atoms with Gasteiger partial charge in [-0.3, -0.25) is 0 Å². The molecule has 0 radical (unpaired) electrons. The molecule has 0 atom stereocenters. The molecule has 1 aliphatic rings. The average molecular weight is 743 g/mol. The molecule has 0 aromatic heterocycles. The lowest BCUT2D eigenvalue weighted by Gasteiger charge is -2.28. The third-order valence-corrected chi connectivity index (χ3v) is 11.3. The van der Waals surface area contributed by atoms with Gasteiger partial charge in [0.2, 0.25) is 0 Å². The van der Waals surface area contributed by atoms with E-state index in [2.05, 4.69) is 240 Å². The fourth-order valence-electron chi connectivity index (χ4n) is 8.46. The molecule has 276 valence electrons. The van der Waals surface area contributed by atoms with Crippen molar-refractivity contribution in [3.8, 4) is 33.4 Å². The molecule has 0 unspecified atom stereocenters. The number of allylic oxidation sites excluding steroid dienone is 3. The first-order valence-electron chi connectivity index (χ1n) is 20.2. The topological polar surface area (TPSA) is 6.48 Å². The lowest BCUT2D eigenvalue weighted by Crippen LogP contribution is -2.16. The van der Waals surface area contributed by atoms with Crippen LogP contribution in [0.25, 0.3) is 54.9 Å². The van der Waals surface area contributed by atoms with Gasteiger partial charge in [0, 0.05) is 33.8 Å². The summed E-state index contributed by atoms with van der Waals surface area (Å²) in [5.74, 6) is 0. The Morgan fingerprint density at radius 1 is 0.328 bits per heavy atom. The maximum Gasteiger partial charge on any atom is 0.0540 e. The lowest BCUT2D eigenvalue weighted by atomic mass is 9.91. The molecule has 0 N–H and O–H groups in total. The second-order valence-corrected chi connectivity index (χ2v) is 14.8. The molecule has 10 rings (SSSR count). The van der Waals surface area contributed by atoms with Gasteiger partial charge in [-0.2, -0.15) is 0 Å². The Balaban J connectivity index is 1.01. The van der Waals surface area contributed by atoms with E-state index in [1.807, 2.05) is 0 Å². The molecule has 0 saturated heterocycles. The van der Waals surface area contributed by atoms with Crippen LogP contribution in [0.4, 0.5) is 28.4 Å². The predicted molar refractivity (Wildman–Crippen MR) is 247 cm³/mol. The Morgan fingerprint density at radius 2 is 0.810 bits per heavy atom. The lowest BCUT2D eigenvalue weighted by molar-refractivity contribution is 0.997. The smallest absolute Gasteiger partial charge is 0.0540 e. The zero-order valence-electron chi connectivity index (χ0n) is 32.2. The van der Waals surface area contributed by atoms with Crippen LogP contribution >= 0.6 is 0 Å². The van der Waals surface area contributed by atoms with E-state index in [1.165, 1.54) is 60.6 Å². The van der Waals surface area contributed by atoms with Crippen LogP contribution in [0.2, 0.25) is 0 Å². The quantitative estimate of drug-likeness (QED) is 0.145. The second-order valence-electron chi connectivity index (χ2n) is 14.8. The summed E-state index contributed by atoms with van der Waals surface area (Å²) in [4.78, 5) is 4.74. The summed E-state index contributed by atoms with van der Waals surface area (Å²) in [6.45, 7) is 0. The number of para-hydroxylation sites is 1. The molecule has 0 spiro atoms. The van der Waals surface area contributed by atoms with Crippen molar-refractivity contribution in [3.63, 3.8) is 0 Å². The molecule has 58 heavy (non-hydrogen) atoms. The molecule has 1 aliphatic carbocycles. The van der Waals surface area contributed by atoms with Crippen LogP contribution < -0.4 is 9.80 Å². The summed E-state index contributed by atoms with van der Waals surface area (Å²) in [5.41, 5.74) is 14.1. The molecule has 0 fully saturated rings. The van der Waals surface area contributed by atoms with E-state index in [-0.39, 0.29) is 0 Å². The van der Waals surface area contributed by atoms with Gasteiger partial charge in [0.25, 0.3) is 0 Å². The Kier molecular flexibility index (Phi) is 9.43. The molecule has 2 heteroatoms. The van der Waals surface area contributed by atoms with Crippen LogP contribution in [0.3, 0.4) is 0 Å². The van der Waals surface area contributed by atoms with Crippen LogP contribution in [0.5, 0.6) is 0 Å². The minimum Gasteiger partial charge on any atom is -0.311 e.